The van der Waals surface area contributed by atoms with E-state index >= 15 is 0 Å². The molecule has 22 heavy (non-hydrogen) atoms. The van der Waals surface area contributed by atoms with Crippen LogP contribution in [0.3, 0.4) is 0 Å². The first-order chi connectivity index (χ1) is 10.6. The molecule has 2 aromatic carbocycles. The van der Waals surface area contributed by atoms with Crippen LogP contribution in [0.4, 0.5) is 5.69 Å². The molecule has 0 unspecified atom stereocenters. The van der Waals surface area contributed by atoms with Crippen molar-refractivity contribution in [2.45, 2.75) is 0 Å². The van der Waals surface area contributed by atoms with Gasteiger partial charge in [0.2, 0.25) is 5.12 Å². The Morgan fingerprint density at radius 1 is 1.00 bits per heavy atom. The topological polar surface area (TPSA) is 32.7 Å². The fraction of sp³-hybridized carbons (Fsp3) is 0.111. The lowest BCUT2D eigenvalue weighted by molar-refractivity contribution is -0.107. The van der Waals surface area contributed by atoms with Gasteiger partial charge >= 0.3 is 0 Å². The largest absolute Gasteiger partial charge is 0.378 e. The molecular formula is C18H16N2OS. The molecule has 0 amide bonds. The van der Waals surface area contributed by atoms with Gasteiger partial charge in [-0.2, -0.15) is 0 Å². The van der Waals surface area contributed by atoms with Crippen molar-refractivity contribution >= 4 is 33.7 Å². The molecule has 3 nitrogen and oxygen atoms in total. The molecule has 0 saturated heterocycles. The third kappa shape index (κ3) is 3.12. The second-order valence-electron chi connectivity index (χ2n) is 5.19. The van der Waals surface area contributed by atoms with Crippen LogP contribution in [0.1, 0.15) is 11.1 Å². The fourth-order valence-corrected chi connectivity index (χ4v) is 2.92. The van der Waals surface area contributed by atoms with Crippen molar-refractivity contribution in [1.82, 2.24) is 0 Å². The van der Waals surface area contributed by atoms with Crippen LogP contribution in [0.25, 0.3) is 6.08 Å². The van der Waals surface area contributed by atoms with Crippen molar-refractivity contribution in [3.05, 3.63) is 71.4 Å². The van der Waals surface area contributed by atoms with Crippen molar-refractivity contribution in [3.63, 3.8) is 0 Å². The Balaban J connectivity index is 1.87. The number of thioether (sulfide) groups is 1. The van der Waals surface area contributed by atoms with Gasteiger partial charge in [-0.25, -0.2) is 4.99 Å². The van der Waals surface area contributed by atoms with Crippen LogP contribution in [0.5, 0.6) is 0 Å². The molecule has 0 bridgehead atoms. The highest BCUT2D eigenvalue weighted by molar-refractivity contribution is 8.27. The minimum Gasteiger partial charge on any atom is -0.378 e. The Morgan fingerprint density at radius 2 is 1.68 bits per heavy atom. The standard InChI is InChI=1S/C18H16N2OS/c1-20(2)15-10-8-13(9-11-15)12-16-18(21)22-17(19-16)14-6-4-3-5-7-14/h3-12H,1-2H3. The third-order valence-corrected chi connectivity index (χ3v) is 4.27. The minimum atomic E-state index is -0.00413. The van der Waals surface area contributed by atoms with Crippen LogP contribution in [0.15, 0.2) is 65.3 Å². The number of carbonyl (C=O) groups is 1. The molecule has 1 heterocycles. The maximum absolute atomic E-state index is 12.1. The van der Waals surface area contributed by atoms with Crippen molar-refractivity contribution in [3.8, 4) is 0 Å². The first kappa shape index (κ1) is 14.6. The summed E-state index contributed by atoms with van der Waals surface area (Å²) in [4.78, 5) is 18.6. The molecule has 0 aliphatic carbocycles. The van der Waals surface area contributed by atoms with Gasteiger partial charge in [-0.1, -0.05) is 42.5 Å². The van der Waals surface area contributed by atoms with Crippen molar-refractivity contribution in [2.75, 3.05) is 19.0 Å². The smallest absolute Gasteiger partial charge is 0.244 e. The highest BCUT2D eigenvalue weighted by atomic mass is 32.2. The van der Waals surface area contributed by atoms with Crippen LogP contribution >= 0.6 is 11.8 Å². The molecule has 0 aromatic heterocycles. The van der Waals surface area contributed by atoms with Gasteiger partial charge in [0.1, 0.15) is 10.7 Å². The summed E-state index contributed by atoms with van der Waals surface area (Å²) in [7, 11) is 4.00. The molecule has 3 rings (SSSR count). The van der Waals surface area contributed by atoms with Gasteiger partial charge in [0.25, 0.3) is 0 Å². The average molecular weight is 308 g/mol. The van der Waals surface area contributed by atoms with Crippen molar-refractivity contribution in [2.24, 2.45) is 4.99 Å². The summed E-state index contributed by atoms with van der Waals surface area (Å²) in [6.45, 7) is 0. The fourth-order valence-electron chi connectivity index (χ4n) is 2.14. The predicted octanol–water partition coefficient (Wildman–Crippen LogP) is 3.81. The maximum Gasteiger partial charge on any atom is 0.244 e. The third-order valence-electron chi connectivity index (χ3n) is 3.35. The lowest BCUT2D eigenvalue weighted by Gasteiger charge is -2.11. The molecule has 0 saturated carbocycles. The van der Waals surface area contributed by atoms with E-state index in [0.717, 1.165) is 21.9 Å². The van der Waals surface area contributed by atoms with E-state index in [4.69, 9.17) is 0 Å². The zero-order valence-corrected chi connectivity index (χ0v) is 13.3. The van der Waals surface area contributed by atoms with E-state index in [1.807, 2.05) is 79.7 Å². The number of anilines is 1. The molecule has 2 aromatic rings. The van der Waals surface area contributed by atoms with Crippen LogP contribution < -0.4 is 4.90 Å². The summed E-state index contributed by atoms with van der Waals surface area (Å²) in [5.41, 5.74) is 3.59. The summed E-state index contributed by atoms with van der Waals surface area (Å²) >= 11 is 1.19. The van der Waals surface area contributed by atoms with Gasteiger partial charge in [-0.3, -0.25) is 4.79 Å². The first-order valence-corrected chi connectivity index (χ1v) is 7.80. The number of benzene rings is 2. The summed E-state index contributed by atoms with van der Waals surface area (Å²) in [6, 6.07) is 17.8. The van der Waals surface area contributed by atoms with Gasteiger partial charge in [-0.15, -0.1) is 0 Å². The minimum absolute atomic E-state index is 0.00413. The molecule has 0 atom stereocenters. The predicted molar refractivity (Wildman–Crippen MR) is 94.3 cm³/mol. The van der Waals surface area contributed by atoms with E-state index in [-0.39, 0.29) is 5.12 Å². The van der Waals surface area contributed by atoms with E-state index in [1.165, 1.54) is 11.8 Å². The quantitative estimate of drug-likeness (QED) is 0.808. The number of hydrogen-bond acceptors (Lipinski definition) is 4. The number of nitrogens with zero attached hydrogens (tertiary/aromatic N) is 2. The van der Waals surface area contributed by atoms with Crippen LogP contribution in [-0.4, -0.2) is 24.3 Å². The number of rotatable bonds is 3. The van der Waals surface area contributed by atoms with E-state index in [2.05, 4.69) is 4.99 Å². The Labute approximate surface area is 134 Å². The van der Waals surface area contributed by atoms with Crippen LogP contribution in [0, 0.1) is 0 Å². The molecule has 0 radical (unpaired) electrons. The molecule has 0 spiro atoms. The van der Waals surface area contributed by atoms with E-state index in [9.17, 15) is 4.79 Å². The normalized spacial score (nSPS) is 16.0. The van der Waals surface area contributed by atoms with Gasteiger partial charge in [-0.05, 0) is 35.5 Å². The van der Waals surface area contributed by atoms with Gasteiger partial charge in [0.05, 0.1) is 0 Å². The zero-order valence-electron chi connectivity index (χ0n) is 12.5. The number of hydrogen-bond donors (Lipinski definition) is 0. The lowest BCUT2D eigenvalue weighted by atomic mass is 10.1. The molecule has 0 fully saturated rings. The average Bonchev–Trinajstić information content (AvgIpc) is 2.90. The first-order valence-electron chi connectivity index (χ1n) is 6.99. The van der Waals surface area contributed by atoms with Gasteiger partial charge in [0.15, 0.2) is 0 Å². The summed E-state index contributed by atoms with van der Waals surface area (Å²) < 4.78 is 0. The monoisotopic (exact) mass is 308 g/mol. The Hall–Kier alpha value is -2.33. The highest BCUT2D eigenvalue weighted by Gasteiger charge is 2.22. The molecular weight excluding hydrogens is 292 g/mol. The van der Waals surface area contributed by atoms with E-state index in [1.54, 1.807) is 0 Å². The Kier molecular flexibility index (Phi) is 4.11. The van der Waals surface area contributed by atoms with Gasteiger partial charge < -0.3 is 4.90 Å². The van der Waals surface area contributed by atoms with Crippen molar-refractivity contribution < 1.29 is 4.79 Å². The van der Waals surface area contributed by atoms with Crippen molar-refractivity contribution in [1.29, 1.82) is 0 Å². The number of aliphatic imine (C=N–C) groups is 1. The summed E-state index contributed by atoms with van der Waals surface area (Å²) in [6.07, 6.45) is 1.84. The van der Waals surface area contributed by atoms with E-state index < -0.39 is 0 Å². The molecule has 110 valence electrons. The second-order valence-corrected chi connectivity index (χ2v) is 6.15. The van der Waals surface area contributed by atoms with Gasteiger partial charge in [0, 0.05) is 25.3 Å². The molecule has 4 heteroatoms. The molecule has 0 N–H and O–H groups in total. The lowest BCUT2D eigenvalue weighted by Crippen LogP contribution is -2.07. The zero-order chi connectivity index (χ0) is 15.5. The highest BCUT2D eigenvalue weighted by Crippen LogP contribution is 2.29. The summed E-state index contributed by atoms with van der Waals surface area (Å²) in [5, 5.41) is 0.761. The van der Waals surface area contributed by atoms with E-state index in [0.29, 0.717) is 5.70 Å². The Morgan fingerprint density at radius 3 is 2.32 bits per heavy atom. The Bertz CT molecular complexity index is 746. The number of carbonyl (C=O) groups excluding carboxylic acids is 1. The maximum atomic E-state index is 12.1. The summed E-state index contributed by atoms with van der Waals surface area (Å²) in [5.74, 6) is 0. The SMILES string of the molecule is CN(C)c1ccc(C=C2N=C(c3ccccc3)SC2=O)cc1. The van der Waals surface area contributed by atoms with Crippen LogP contribution in [-0.2, 0) is 4.79 Å². The second kappa shape index (κ2) is 6.20. The van der Waals surface area contributed by atoms with Crippen LogP contribution in [0.2, 0.25) is 0 Å². The molecule has 1 aliphatic heterocycles. The molecule has 1 aliphatic rings.